The molecule has 2 rings (SSSR count). The molecule has 0 bridgehead atoms. The molecule has 0 unspecified atom stereocenters. The predicted octanol–water partition coefficient (Wildman–Crippen LogP) is 2.64. The predicted molar refractivity (Wildman–Crippen MR) is 75.8 cm³/mol. The van der Waals surface area contributed by atoms with E-state index in [9.17, 15) is 0 Å². The fourth-order valence-electron chi connectivity index (χ4n) is 2.09. The van der Waals surface area contributed by atoms with E-state index in [1.54, 1.807) is 0 Å². The number of hydrogen-bond acceptors (Lipinski definition) is 3. The lowest BCUT2D eigenvalue weighted by molar-refractivity contribution is 0.447. The van der Waals surface area contributed by atoms with Gasteiger partial charge in [-0.05, 0) is 43.2 Å². The Morgan fingerprint density at radius 1 is 1.33 bits per heavy atom. The lowest BCUT2D eigenvalue weighted by Crippen LogP contribution is -2.28. The molecule has 18 heavy (non-hydrogen) atoms. The molecular weight excluding hydrogens is 222 g/mol. The van der Waals surface area contributed by atoms with Crippen LogP contribution in [0.5, 0.6) is 0 Å². The zero-order chi connectivity index (χ0) is 12.8. The van der Waals surface area contributed by atoms with Gasteiger partial charge in [-0.25, -0.2) is 0 Å². The Balaban J connectivity index is 2.07. The van der Waals surface area contributed by atoms with Gasteiger partial charge in [-0.1, -0.05) is 13.0 Å². The summed E-state index contributed by atoms with van der Waals surface area (Å²) >= 11 is 0. The average molecular weight is 243 g/mol. The van der Waals surface area contributed by atoms with E-state index in [0.717, 1.165) is 26.1 Å². The van der Waals surface area contributed by atoms with Crippen LogP contribution in [0.3, 0.4) is 0 Å². The van der Waals surface area contributed by atoms with Crippen molar-refractivity contribution >= 4 is 5.57 Å². The zero-order valence-corrected chi connectivity index (χ0v) is 11.2. The topological polar surface area (TPSA) is 28.2 Å². The lowest BCUT2D eigenvalue weighted by atomic mass is 10.0. The third-order valence-corrected chi connectivity index (χ3v) is 3.21. The van der Waals surface area contributed by atoms with Crippen molar-refractivity contribution in [2.45, 2.75) is 20.3 Å². The van der Waals surface area contributed by atoms with Gasteiger partial charge >= 0.3 is 0 Å². The highest BCUT2D eigenvalue weighted by molar-refractivity contribution is 5.67. The molecule has 3 nitrogen and oxygen atoms in total. The van der Waals surface area contributed by atoms with E-state index in [1.807, 2.05) is 12.4 Å². The lowest BCUT2D eigenvalue weighted by Gasteiger charge is -2.27. The third kappa shape index (κ3) is 3.20. The SMILES string of the molecule is CCNCCN1C=C(c2ccncc2)CC=C1C. The van der Waals surface area contributed by atoms with Crippen LogP contribution in [-0.2, 0) is 0 Å². The Hall–Kier alpha value is -1.61. The number of nitrogens with one attached hydrogen (secondary N) is 1. The molecule has 0 aliphatic carbocycles. The van der Waals surface area contributed by atoms with Crippen LogP contribution in [0.1, 0.15) is 25.8 Å². The van der Waals surface area contributed by atoms with Crippen LogP contribution in [0.25, 0.3) is 5.57 Å². The quantitative estimate of drug-likeness (QED) is 0.806. The number of rotatable bonds is 5. The fourth-order valence-corrected chi connectivity index (χ4v) is 2.09. The van der Waals surface area contributed by atoms with Gasteiger partial charge < -0.3 is 10.2 Å². The molecule has 0 radical (unpaired) electrons. The standard InChI is InChI=1S/C15H21N3/c1-3-16-10-11-18-12-15(5-4-13(18)2)14-6-8-17-9-7-14/h4,6-9,12,16H,3,5,10-11H2,1-2H3. The molecule has 0 amide bonds. The molecule has 1 N–H and O–H groups in total. The molecule has 1 aromatic heterocycles. The van der Waals surface area contributed by atoms with Crippen molar-refractivity contribution in [1.29, 1.82) is 0 Å². The van der Waals surface area contributed by atoms with Gasteiger partial charge in [0.1, 0.15) is 0 Å². The monoisotopic (exact) mass is 243 g/mol. The van der Waals surface area contributed by atoms with E-state index in [-0.39, 0.29) is 0 Å². The highest BCUT2D eigenvalue weighted by Crippen LogP contribution is 2.25. The first-order chi connectivity index (χ1) is 8.81. The van der Waals surface area contributed by atoms with Crippen LogP contribution >= 0.6 is 0 Å². The average Bonchev–Trinajstić information content (AvgIpc) is 2.42. The molecule has 0 atom stereocenters. The third-order valence-electron chi connectivity index (χ3n) is 3.21. The van der Waals surface area contributed by atoms with Crippen LogP contribution in [0.15, 0.2) is 42.5 Å². The summed E-state index contributed by atoms with van der Waals surface area (Å²) < 4.78 is 0. The first-order valence-electron chi connectivity index (χ1n) is 6.56. The van der Waals surface area contributed by atoms with Gasteiger partial charge in [0.2, 0.25) is 0 Å². The molecule has 3 heteroatoms. The van der Waals surface area contributed by atoms with Gasteiger partial charge in [-0.2, -0.15) is 0 Å². The second kappa shape index (κ2) is 6.36. The Morgan fingerprint density at radius 2 is 2.11 bits per heavy atom. The summed E-state index contributed by atoms with van der Waals surface area (Å²) in [7, 11) is 0. The number of likely N-dealkylation sites (N-methyl/N-ethyl adjacent to an activating group) is 1. The summed E-state index contributed by atoms with van der Waals surface area (Å²) in [6.07, 6.45) is 9.27. The molecule has 0 spiro atoms. The molecule has 0 saturated heterocycles. The van der Waals surface area contributed by atoms with Crippen molar-refractivity contribution in [2.75, 3.05) is 19.6 Å². The van der Waals surface area contributed by atoms with E-state index in [4.69, 9.17) is 0 Å². The minimum absolute atomic E-state index is 1.01. The number of aromatic nitrogens is 1. The van der Waals surface area contributed by atoms with E-state index >= 15 is 0 Å². The van der Waals surface area contributed by atoms with E-state index in [0.29, 0.717) is 0 Å². The Labute approximate surface area is 109 Å². The molecule has 1 aliphatic heterocycles. The van der Waals surface area contributed by atoms with Gasteiger partial charge in [0.15, 0.2) is 0 Å². The largest absolute Gasteiger partial charge is 0.350 e. The number of allylic oxidation sites excluding steroid dienone is 3. The first kappa shape index (κ1) is 12.8. The van der Waals surface area contributed by atoms with Gasteiger partial charge in [0.25, 0.3) is 0 Å². The van der Waals surface area contributed by atoms with Crippen molar-refractivity contribution in [3.63, 3.8) is 0 Å². The van der Waals surface area contributed by atoms with Crippen molar-refractivity contribution in [3.05, 3.63) is 48.1 Å². The number of pyridine rings is 1. The highest BCUT2D eigenvalue weighted by Gasteiger charge is 2.11. The summed E-state index contributed by atoms with van der Waals surface area (Å²) in [6.45, 7) is 7.37. The Bertz CT molecular complexity index is 434. The maximum absolute atomic E-state index is 4.07. The first-order valence-corrected chi connectivity index (χ1v) is 6.56. The van der Waals surface area contributed by atoms with Crippen molar-refractivity contribution < 1.29 is 0 Å². The summed E-state index contributed by atoms with van der Waals surface area (Å²) in [5.74, 6) is 0. The van der Waals surface area contributed by atoms with Gasteiger partial charge in [0, 0.05) is 37.4 Å². The van der Waals surface area contributed by atoms with Crippen molar-refractivity contribution in [2.24, 2.45) is 0 Å². The zero-order valence-electron chi connectivity index (χ0n) is 11.2. The highest BCUT2D eigenvalue weighted by atomic mass is 15.1. The van der Waals surface area contributed by atoms with Crippen molar-refractivity contribution in [1.82, 2.24) is 15.2 Å². The molecule has 1 aliphatic rings. The molecular formula is C15H21N3. The minimum atomic E-state index is 1.01. The van der Waals surface area contributed by atoms with Gasteiger partial charge in [-0.3, -0.25) is 4.98 Å². The Kier molecular flexibility index (Phi) is 4.53. The number of nitrogens with zero attached hydrogens (tertiary/aromatic N) is 2. The molecule has 1 aromatic rings. The van der Waals surface area contributed by atoms with Crippen LogP contribution in [-0.4, -0.2) is 29.5 Å². The normalized spacial score (nSPS) is 15.3. The maximum Gasteiger partial charge on any atom is 0.0347 e. The maximum atomic E-state index is 4.07. The van der Waals surface area contributed by atoms with Crippen LogP contribution in [0.2, 0.25) is 0 Å². The molecule has 2 heterocycles. The smallest absolute Gasteiger partial charge is 0.0347 e. The molecule has 0 saturated carbocycles. The van der Waals surface area contributed by atoms with E-state index in [1.165, 1.54) is 16.8 Å². The van der Waals surface area contributed by atoms with E-state index in [2.05, 4.69) is 53.5 Å². The molecule has 0 aromatic carbocycles. The molecule has 96 valence electrons. The summed E-state index contributed by atoms with van der Waals surface area (Å²) in [4.78, 5) is 6.39. The minimum Gasteiger partial charge on any atom is -0.350 e. The number of hydrogen-bond donors (Lipinski definition) is 1. The second-order valence-electron chi connectivity index (χ2n) is 4.49. The Morgan fingerprint density at radius 3 is 2.83 bits per heavy atom. The van der Waals surface area contributed by atoms with Gasteiger partial charge in [0.05, 0.1) is 0 Å². The summed E-state index contributed by atoms with van der Waals surface area (Å²) in [5.41, 5.74) is 3.97. The van der Waals surface area contributed by atoms with Crippen LogP contribution in [0.4, 0.5) is 0 Å². The summed E-state index contributed by atoms with van der Waals surface area (Å²) in [5, 5.41) is 3.36. The van der Waals surface area contributed by atoms with Crippen LogP contribution in [0, 0.1) is 0 Å². The van der Waals surface area contributed by atoms with Crippen LogP contribution < -0.4 is 5.32 Å². The van der Waals surface area contributed by atoms with E-state index < -0.39 is 0 Å². The van der Waals surface area contributed by atoms with Crippen molar-refractivity contribution in [3.8, 4) is 0 Å². The molecule has 0 fully saturated rings. The van der Waals surface area contributed by atoms with Gasteiger partial charge in [-0.15, -0.1) is 0 Å². The fraction of sp³-hybridized carbons (Fsp3) is 0.400. The summed E-state index contributed by atoms with van der Waals surface area (Å²) in [6, 6.07) is 4.14. The second-order valence-corrected chi connectivity index (χ2v) is 4.49.